The van der Waals surface area contributed by atoms with Gasteiger partial charge in [0.2, 0.25) is 0 Å². The van der Waals surface area contributed by atoms with Crippen molar-refractivity contribution in [3.63, 3.8) is 0 Å². The van der Waals surface area contributed by atoms with Gasteiger partial charge in [0.05, 0.1) is 0 Å². The Morgan fingerprint density at radius 1 is 0.533 bits per heavy atom. The Morgan fingerprint density at radius 3 is 1.53 bits per heavy atom. The van der Waals surface area contributed by atoms with Gasteiger partial charge in [-0.15, -0.1) is 0 Å². The number of benzene rings is 4. The van der Waals surface area contributed by atoms with Crippen LogP contribution in [0.25, 0.3) is 0 Å². The summed E-state index contributed by atoms with van der Waals surface area (Å²) in [5, 5.41) is 3.44. The SMILES string of the molecule is c1ccc([I-]c2ccc(NCCOc3ccc([I-]c4ccccc4)cc3)cc2)cc1. The van der Waals surface area contributed by atoms with Crippen LogP contribution < -0.4 is 52.5 Å². The third-order valence-electron chi connectivity index (χ3n) is 4.26. The van der Waals surface area contributed by atoms with E-state index in [1.165, 1.54) is 14.3 Å². The second-order valence-corrected chi connectivity index (χ2v) is 12.6. The average Bonchev–Trinajstić information content (AvgIpc) is 2.80. The van der Waals surface area contributed by atoms with Crippen molar-refractivity contribution in [2.45, 2.75) is 0 Å². The fourth-order valence-corrected chi connectivity index (χ4v) is 7.22. The van der Waals surface area contributed by atoms with E-state index >= 15 is 0 Å². The van der Waals surface area contributed by atoms with Crippen molar-refractivity contribution < 1.29 is 47.1 Å². The Bertz CT molecular complexity index is 933. The molecule has 4 aromatic carbocycles. The number of nitrogens with one attached hydrogen (secondary N) is 1. The van der Waals surface area contributed by atoms with Crippen LogP contribution in [-0.2, 0) is 0 Å². The van der Waals surface area contributed by atoms with Crippen molar-refractivity contribution in [1.29, 1.82) is 0 Å². The molecule has 30 heavy (non-hydrogen) atoms. The molecule has 154 valence electrons. The van der Waals surface area contributed by atoms with E-state index in [1.54, 1.807) is 0 Å². The van der Waals surface area contributed by atoms with E-state index < -0.39 is 0 Å². The van der Waals surface area contributed by atoms with Gasteiger partial charge >= 0.3 is 201 Å². The summed E-state index contributed by atoms with van der Waals surface area (Å²) in [5.74, 6) is 0.931. The molecule has 4 rings (SSSR count). The van der Waals surface area contributed by atoms with Crippen LogP contribution in [-0.4, -0.2) is 13.2 Å². The van der Waals surface area contributed by atoms with Gasteiger partial charge in [0.25, 0.3) is 0 Å². The molecule has 0 atom stereocenters. The van der Waals surface area contributed by atoms with Gasteiger partial charge in [0, 0.05) is 0 Å². The zero-order valence-electron chi connectivity index (χ0n) is 16.5. The topological polar surface area (TPSA) is 21.3 Å². The van der Waals surface area contributed by atoms with Gasteiger partial charge in [-0.25, -0.2) is 0 Å². The molecule has 1 N–H and O–H groups in total. The van der Waals surface area contributed by atoms with Crippen LogP contribution in [0.15, 0.2) is 109 Å². The Balaban J connectivity index is 1.19. The first-order valence-corrected chi connectivity index (χ1v) is 14.1. The number of hydrogen-bond donors (Lipinski definition) is 1. The minimum atomic E-state index is -0.117. The molecule has 4 aromatic rings. The molecular formula is C26H23I2NO-2. The van der Waals surface area contributed by atoms with E-state index in [2.05, 4.69) is 115 Å². The molecule has 2 nitrogen and oxygen atoms in total. The summed E-state index contributed by atoms with van der Waals surface area (Å²) in [6.07, 6.45) is 0. The van der Waals surface area contributed by atoms with Gasteiger partial charge in [-0.3, -0.25) is 0 Å². The quantitative estimate of drug-likeness (QED) is 0.201. The van der Waals surface area contributed by atoms with Crippen LogP contribution in [0.2, 0.25) is 0 Å². The predicted molar refractivity (Wildman–Crippen MR) is 115 cm³/mol. The summed E-state index contributed by atoms with van der Waals surface area (Å²) < 4.78 is 11.6. The van der Waals surface area contributed by atoms with Gasteiger partial charge in [-0.2, -0.15) is 0 Å². The van der Waals surface area contributed by atoms with E-state index in [-0.39, 0.29) is 42.4 Å². The molecule has 0 aromatic heterocycles. The normalized spacial score (nSPS) is 10.8. The van der Waals surface area contributed by atoms with E-state index in [0.717, 1.165) is 18.0 Å². The van der Waals surface area contributed by atoms with E-state index in [1.807, 2.05) is 0 Å². The van der Waals surface area contributed by atoms with Crippen LogP contribution in [0.5, 0.6) is 5.75 Å². The van der Waals surface area contributed by atoms with Gasteiger partial charge < -0.3 is 0 Å². The van der Waals surface area contributed by atoms with Crippen LogP contribution in [0.3, 0.4) is 0 Å². The molecule has 0 aliphatic rings. The molecule has 0 spiro atoms. The summed E-state index contributed by atoms with van der Waals surface area (Å²) in [6, 6.07) is 38.8. The molecule has 0 saturated heterocycles. The fourth-order valence-electron chi connectivity index (χ4n) is 2.80. The van der Waals surface area contributed by atoms with E-state index in [9.17, 15) is 0 Å². The van der Waals surface area contributed by atoms with Gasteiger partial charge in [0.15, 0.2) is 0 Å². The Kier molecular flexibility index (Phi) is 8.02. The van der Waals surface area contributed by atoms with Gasteiger partial charge in [-0.05, 0) is 0 Å². The van der Waals surface area contributed by atoms with Crippen molar-refractivity contribution in [2.24, 2.45) is 0 Å². The summed E-state index contributed by atoms with van der Waals surface area (Å²) in [7, 11) is 0. The zero-order chi connectivity index (χ0) is 20.4. The van der Waals surface area contributed by atoms with Gasteiger partial charge in [-0.1, -0.05) is 0 Å². The van der Waals surface area contributed by atoms with Crippen molar-refractivity contribution in [1.82, 2.24) is 0 Å². The van der Waals surface area contributed by atoms with Crippen molar-refractivity contribution >= 4 is 5.69 Å². The summed E-state index contributed by atoms with van der Waals surface area (Å²) in [6.45, 7) is 1.43. The summed E-state index contributed by atoms with van der Waals surface area (Å²) in [5.41, 5.74) is 1.14. The van der Waals surface area contributed by atoms with E-state index in [0.29, 0.717) is 6.61 Å². The average molecular weight is 619 g/mol. The number of halogens is 2. The first-order chi connectivity index (χ1) is 14.8. The Labute approximate surface area is 199 Å². The maximum absolute atomic E-state index is 5.89. The monoisotopic (exact) mass is 619 g/mol. The van der Waals surface area contributed by atoms with Crippen LogP contribution >= 0.6 is 0 Å². The number of hydrogen-bond acceptors (Lipinski definition) is 2. The molecule has 4 heteroatoms. The predicted octanol–water partition coefficient (Wildman–Crippen LogP) is -0.566. The summed E-state index contributed by atoms with van der Waals surface area (Å²) >= 11 is -0.219. The number of anilines is 1. The molecule has 0 unspecified atom stereocenters. The van der Waals surface area contributed by atoms with Crippen LogP contribution in [0.1, 0.15) is 0 Å². The third kappa shape index (κ3) is 6.74. The fraction of sp³-hybridized carbons (Fsp3) is 0.0769. The molecule has 0 aliphatic carbocycles. The van der Waals surface area contributed by atoms with Crippen molar-refractivity contribution in [3.05, 3.63) is 123 Å². The molecule has 0 saturated carbocycles. The minimum absolute atomic E-state index is 0.102. The first kappa shape index (κ1) is 21.2. The van der Waals surface area contributed by atoms with Crippen LogP contribution in [0.4, 0.5) is 5.69 Å². The molecule has 0 fully saturated rings. The van der Waals surface area contributed by atoms with Crippen molar-refractivity contribution in [2.75, 3.05) is 18.5 Å². The maximum atomic E-state index is 5.89. The number of ether oxygens (including phenoxy) is 1. The van der Waals surface area contributed by atoms with Crippen molar-refractivity contribution in [3.8, 4) is 5.75 Å². The second-order valence-electron chi connectivity index (χ2n) is 6.52. The standard InChI is InChI=1S/C26H23I2NO/c1-3-7-21(8-4-1)27-23-11-15-25(16-12-23)29-19-20-30-26-17-13-24(14-18-26)28-22-9-5-2-6-10-22/h1-18,29H,19-20H2/q-2. The Hall–Kier alpha value is -2.06. The Morgan fingerprint density at radius 2 is 1.00 bits per heavy atom. The summed E-state index contributed by atoms with van der Waals surface area (Å²) in [4.78, 5) is 0. The molecule has 0 heterocycles. The zero-order valence-corrected chi connectivity index (χ0v) is 20.8. The third-order valence-corrected chi connectivity index (χ3v) is 9.63. The van der Waals surface area contributed by atoms with E-state index in [4.69, 9.17) is 4.74 Å². The van der Waals surface area contributed by atoms with Crippen LogP contribution in [0, 0.1) is 14.3 Å². The van der Waals surface area contributed by atoms with Gasteiger partial charge in [0.1, 0.15) is 0 Å². The number of rotatable bonds is 9. The first-order valence-electron chi connectivity index (χ1n) is 9.82. The second kappa shape index (κ2) is 11.4. The molecule has 0 radical (unpaired) electrons. The molecule has 0 bridgehead atoms. The molecule has 0 amide bonds. The molecular weight excluding hydrogens is 596 g/mol. The molecule has 0 aliphatic heterocycles.